The summed E-state index contributed by atoms with van der Waals surface area (Å²) in [6, 6.07) is 4.17. The first kappa shape index (κ1) is 12.6. The van der Waals surface area contributed by atoms with E-state index < -0.39 is 0 Å². The van der Waals surface area contributed by atoms with Crippen molar-refractivity contribution < 1.29 is 9.47 Å². The zero-order valence-corrected chi connectivity index (χ0v) is 11.4. The lowest BCUT2D eigenvalue weighted by Crippen LogP contribution is -2.28. The number of ether oxygens (including phenoxy) is 2. The van der Waals surface area contributed by atoms with Gasteiger partial charge in [-0.25, -0.2) is 0 Å². The zero-order valence-electron chi connectivity index (χ0n) is 10.6. The second-order valence-electron chi connectivity index (χ2n) is 4.13. The third-order valence-electron chi connectivity index (χ3n) is 3.02. The number of thioether (sulfide) groups is 1. The molecular formula is C13H19NO2S. The summed E-state index contributed by atoms with van der Waals surface area (Å²) in [5.74, 6) is 3.04. The van der Waals surface area contributed by atoms with E-state index in [1.807, 2.05) is 18.7 Å². The predicted molar refractivity (Wildman–Crippen MR) is 72.4 cm³/mol. The van der Waals surface area contributed by atoms with Gasteiger partial charge in [-0.2, -0.15) is 11.8 Å². The molecule has 0 bridgehead atoms. The van der Waals surface area contributed by atoms with E-state index in [9.17, 15) is 0 Å². The van der Waals surface area contributed by atoms with Gasteiger partial charge in [-0.05, 0) is 24.6 Å². The van der Waals surface area contributed by atoms with Crippen LogP contribution < -0.4 is 14.8 Å². The highest BCUT2D eigenvalue weighted by atomic mass is 32.2. The Kier molecular flexibility index (Phi) is 4.18. The second kappa shape index (κ2) is 5.65. The normalized spacial score (nSPS) is 20.1. The van der Waals surface area contributed by atoms with E-state index in [0.29, 0.717) is 5.25 Å². The van der Waals surface area contributed by atoms with Gasteiger partial charge >= 0.3 is 0 Å². The van der Waals surface area contributed by atoms with Crippen LogP contribution in [0.25, 0.3) is 0 Å². The van der Waals surface area contributed by atoms with E-state index in [1.165, 1.54) is 5.56 Å². The fourth-order valence-electron chi connectivity index (χ4n) is 2.09. The first-order valence-corrected chi connectivity index (χ1v) is 6.86. The van der Waals surface area contributed by atoms with Crippen LogP contribution in [0.3, 0.4) is 0 Å². The molecule has 1 aromatic carbocycles. The number of aryl methyl sites for hydroxylation is 1. The van der Waals surface area contributed by atoms with Gasteiger partial charge in [-0.3, -0.25) is 0 Å². The first-order chi connectivity index (χ1) is 8.26. The quantitative estimate of drug-likeness (QED) is 0.896. The van der Waals surface area contributed by atoms with E-state index in [2.05, 4.69) is 17.4 Å². The second-order valence-corrected chi connectivity index (χ2v) is 5.44. The maximum atomic E-state index is 5.48. The van der Waals surface area contributed by atoms with Gasteiger partial charge < -0.3 is 14.8 Å². The summed E-state index contributed by atoms with van der Waals surface area (Å²) in [6.45, 7) is 4.12. The first-order valence-electron chi connectivity index (χ1n) is 5.81. The molecule has 0 aliphatic carbocycles. The zero-order chi connectivity index (χ0) is 12.3. The van der Waals surface area contributed by atoms with Crippen LogP contribution in [0.1, 0.15) is 16.4 Å². The molecule has 94 valence electrons. The highest BCUT2D eigenvalue weighted by Gasteiger charge is 2.21. The molecule has 1 atom stereocenters. The van der Waals surface area contributed by atoms with E-state index in [4.69, 9.17) is 9.47 Å². The molecule has 1 saturated heterocycles. The lowest BCUT2D eigenvalue weighted by atomic mass is 10.1. The Balaban J connectivity index is 2.35. The minimum Gasteiger partial charge on any atom is -0.496 e. The van der Waals surface area contributed by atoms with Crippen LogP contribution in [0.4, 0.5) is 0 Å². The Labute approximate surface area is 107 Å². The number of hydrogen-bond acceptors (Lipinski definition) is 4. The lowest BCUT2D eigenvalue weighted by Gasteiger charge is -2.25. The van der Waals surface area contributed by atoms with E-state index >= 15 is 0 Å². The van der Waals surface area contributed by atoms with Crippen LogP contribution in [-0.4, -0.2) is 33.1 Å². The summed E-state index contributed by atoms with van der Waals surface area (Å²) in [4.78, 5) is 0. The molecule has 1 aromatic rings. The topological polar surface area (TPSA) is 30.5 Å². The molecule has 3 nitrogen and oxygen atoms in total. The standard InChI is InChI=1S/C13H19NO2S/c1-9-6-12(16-3)10(7-11(9)15-2)13-8-14-4-5-17-13/h6-7,13-14H,4-5,8H2,1-3H3. The van der Waals surface area contributed by atoms with Crippen molar-refractivity contribution in [3.05, 3.63) is 23.3 Å². The number of rotatable bonds is 3. The number of nitrogens with one attached hydrogen (secondary N) is 1. The van der Waals surface area contributed by atoms with Crippen LogP contribution in [-0.2, 0) is 0 Å². The van der Waals surface area contributed by atoms with Gasteiger partial charge in [0.25, 0.3) is 0 Å². The molecular weight excluding hydrogens is 234 g/mol. The van der Waals surface area contributed by atoms with E-state index in [-0.39, 0.29) is 0 Å². The van der Waals surface area contributed by atoms with Crippen molar-refractivity contribution in [3.8, 4) is 11.5 Å². The van der Waals surface area contributed by atoms with E-state index in [0.717, 1.165) is 35.9 Å². The summed E-state index contributed by atoms with van der Waals surface area (Å²) >= 11 is 1.97. The highest BCUT2D eigenvalue weighted by Crippen LogP contribution is 2.39. The molecule has 0 aromatic heterocycles. The number of methoxy groups -OCH3 is 2. The largest absolute Gasteiger partial charge is 0.496 e. The molecule has 2 rings (SSSR count). The lowest BCUT2D eigenvalue weighted by molar-refractivity contribution is 0.395. The van der Waals surface area contributed by atoms with Crippen molar-refractivity contribution in [2.45, 2.75) is 12.2 Å². The smallest absolute Gasteiger partial charge is 0.123 e. The molecule has 1 fully saturated rings. The average molecular weight is 253 g/mol. The van der Waals surface area contributed by atoms with Crippen molar-refractivity contribution >= 4 is 11.8 Å². The molecule has 1 heterocycles. The molecule has 1 aliphatic rings. The summed E-state index contributed by atoms with van der Waals surface area (Å²) in [5.41, 5.74) is 2.34. The van der Waals surface area contributed by atoms with Crippen molar-refractivity contribution in [1.29, 1.82) is 0 Å². The number of benzene rings is 1. The Morgan fingerprint density at radius 2 is 2.00 bits per heavy atom. The Hall–Kier alpha value is -0.870. The molecule has 17 heavy (non-hydrogen) atoms. The number of hydrogen-bond donors (Lipinski definition) is 1. The third-order valence-corrected chi connectivity index (χ3v) is 4.28. The fraction of sp³-hybridized carbons (Fsp3) is 0.538. The van der Waals surface area contributed by atoms with Gasteiger partial charge in [0.15, 0.2) is 0 Å². The minimum absolute atomic E-state index is 0.452. The maximum absolute atomic E-state index is 5.48. The predicted octanol–water partition coefficient (Wildman–Crippen LogP) is 2.39. The fourth-order valence-corrected chi connectivity index (χ4v) is 3.24. The van der Waals surface area contributed by atoms with Gasteiger partial charge in [0.2, 0.25) is 0 Å². The highest BCUT2D eigenvalue weighted by molar-refractivity contribution is 7.99. The molecule has 1 aliphatic heterocycles. The third kappa shape index (κ3) is 2.69. The molecule has 1 N–H and O–H groups in total. The van der Waals surface area contributed by atoms with Crippen molar-refractivity contribution in [2.75, 3.05) is 33.1 Å². The summed E-state index contributed by atoms with van der Waals surface area (Å²) in [6.07, 6.45) is 0. The SMILES string of the molecule is COc1cc(C2CNCCS2)c(OC)cc1C. The average Bonchev–Trinajstić information content (AvgIpc) is 2.39. The Bertz CT molecular complexity index is 389. The molecule has 0 radical (unpaired) electrons. The molecule has 0 amide bonds. The van der Waals surface area contributed by atoms with Crippen molar-refractivity contribution in [1.82, 2.24) is 5.32 Å². The van der Waals surface area contributed by atoms with Crippen molar-refractivity contribution in [2.24, 2.45) is 0 Å². The van der Waals surface area contributed by atoms with Crippen LogP contribution in [0.2, 0.25) is 0 Å². The van der Waals surface area contributed by atoms with Gasteiger partial charge in [-0.15, -0.1) is 0 Å². The van der Waals surface area contributed by atoms with Gasteiger partial charge in [0.05, 0.1) is 14.2 Å². The van der Waals surface area contributed by atoms with Crippen LogP contribution in [0, 0.1) is 6.92 Å². The summed E-state index contributed by atoms with van der Waals surface area (Å²) < 4.78 is 10.9. The minimum atomic E-state index is 0.452. The van der Waals surface area contributed by atoms with Crippen molar-refractivity contribution in [3.63, 3.8) is 0 Å². The molecule has 1 unspecified atom stereocenters. The monoisotopic (exact) mass is 253 g/mol. The van der Waals surface area contributed by atoms with Crippen LogP contribution >= 0.6 is 11.8 Å². The summed E-state index contributed by atoms with van der Waals surface area (Å²) in [7, 11) is 3.44. The van der Waals surface area contributed by atoms with Gasteiger partial charge in [0, 0.05) is 29.7 Å². The van der Waals surface area contributed by atoms with Gasteiger partial charge in [0.1, 0.15) is 11.5 Å². The molecule has 4 heteroatoms. The summed E-state index contributed by atoms with van der Waals surface area (Å²) in [5, 5.41) is 3.87. The van der Waals surface area contributed by atoms with Gasteiger partial charge in [-0.1, -0.05) is 0 Å². The Morgan fingerprint density at radius 1 is 1.24 bits per heavy atom. The maximum Gasteiger partial charge on any atom is 0.123 e. The van der Waals surface area contributed by atoms with E-state index in [1.54, 1.807) is 14.2 Å². The Morgan fingerprint density at radius 3 is 2.59 bits per heavy atom. The molecule has 0 spiro atoms. The van der Waals surface area contributed by atoms with Crippen LogP contribution in [0.5, 0.6) is 11.5 Å². The van der Waals surface area contributed by atoms with Crippen LogP contribution in [0.15, 0.2) is 12.1 Å². The molecule has 0 saturated carbocycles.